The van der Waals surface area contributed by atoms with E-state index in [-0.39, 0.29) is 17.9 Å². The third kappa shape index (κ3) is 3.18. The van der Waals surface area contributed by atoms with Crippen LogP contribution in [0.3, 0.4) is 0 Å². The highest BCUT2D eigenvalue weighted by atomic mass is 16.2. The minimum Gasteiger partial charge on any atom is -0.353 e. The predicted octanol–water partition coefficient (Wildman–Crippen LogP) is 1.25. The van der Waals surface area contributed by atoms with Crippen LogP contribution in [0.15, 0.2) is 24.4 Å². The molecule has 1 aromatic rings. The number of nitrogens with two attached hydrogens (primary N) is 1. The van der Waals surface area contributed by atoms with Crippen molar-refractivity contribution in [1.29, 1.82) is 0 Å². The molecule has 1 aliphatic heterocycles. The molecule has 1 aromatic heterocycles. The van der Waals surface area contributed by atoms with Gasteiger partial charge < -0.3 is 15.5 Å². The van der Waals surface area contributed by atoms with E-state index in [0.717, 1.165) is 51.3 Å². The van der Waals surface area contributed by atoms with Crippen LogP contribution in [0, 0.1) is 5.92 Å². The van der Waals surface area contributed by atoms with Gasteiger partial charge in [-0.3, -0.25) is 4.79 Å². The second-order valence-electron chi connectivity index (χ2n) is 6.06. The largest absolute Gasteiger partial charge is 0.353 e. The number of rotatable bonds is 2. The van der Waals surface area contributed by atoms with Crippen molar-refractivity contribution in [1.82, 2.24) is 9.88 Å². The van der Waals surface area contributed by atoms with E-state index >= 15 is 0 Å². The number of hydrogen-bond acceptors (Lipinski definition) is 4. The van der Waals surface area contributed by atoms with E-state index in [1.807, 2.05) is 29.3 Å². The van der Waals surface area contributed by atoms with Crippen LogP contribution in [0.5, 0.6) is 0 Å². The molecule has 21 heavy (non-hydrogen) atoms. The predicted molar refractivity (Wildman–Crippen MR) is 83.0 cm³/mol. The third-order valence-electron chi connectivity index (χ3n) is 4.70. The van der Waals surface area contributed by atoms with E-state index in [9.17, 15) is 4.79 Å². The molecule has 2 heterocycles. The molecule has 0 spiro atoms. The molecule has 2 unspecified atom stereocenters. The van der Waals surface area contributed by atoms with Gasteiger partial charge in [-0.15, -0.1) is 0 Å². The van der Waals surface area contributed by atoms with Gasteiger partial charge in [0.15, 0.2) is 0 Å². The van der Waals surface area contributed by atoms with E-state index in [0.29, 0.717) is 0 Å². The van der Waals surface area contributed by atoms with Gasteiger partial charge in [-0.05, 0) is 25.0 Å². The maximum Gasteiger partial charge on any atom is 0.227 e. The summed E-state index contributed by atoms with van der Waals surface area (Å²) in [7, 11) is 0. The highest BCUT2D eigenvalue weighted by Crippen LogP contribution is 2.25. The fourth-order valence-electron chi connectivity index (χ4n) is 3.40. The van der Waals surface area contributed by atoms with Gasteiger partial charge in [-0.1, -0.05) is 18.9 Å². The van der Waals surface area contributed by atoms with Gasteiger partial charge in [-0.2, -0.15) is 0 Å². The molecule has 0 aromatic carbocycles. The lowest BCUT2D eigenvalue weighted by atomic mass is 9.84. The SMILES string of the molecule is NC1CCCCC1C(=O)N1CCN(c2ccccn2)CC1. The molecular weight excluding hydrogens is 264 g/mol. The summed E-state index contributed by atoms with van der Waals surface area (Å²) in [6, 6.07) is 6.00. The lowest BCUT2D eigenvalue weighted by Crippen LogP contribution is -2.53. The quantitative estimate of drug-likeness (QED) is 0.889. The molecule has 1 amide bonds. The van der Waals surface area contributed by atoms with E-state index in [2.05, 4.69) is 9.88 Å². The maximum absolute atomic E-state index is 12.6. The zero-order chi connectivity index (χ0) is 14.7. The normalized spacial score (nSPS) is 26.7. The molecule has 0 bridgehead atoms. The van der Waals surface area contributed by atoms with Gasteiger partial charge in [0.2, 0.25) is 5.91 Å². The number of piperazine rings is 1. The molecule has 2 aliphatic rings. The van der Waals surface area contributed by atoms with E-state index in [1.54, 1.807) is 0 Å². The molecule has 3 rings (SSSR count). The Labute approximate surface area is 126 Å². The first kappa shape index (κ1) is 14.3. The Morgan fingerprint density at radius 1 is 1.14 bits per heavy atom. The van der Waals surface area contributed by atoms with E-state index < -0.39 is 0 Å². The van der Waals surface area contributed by atoms with Crippen molar-refractivity contribution < 1.29 is 4.79 Å². The highest BCUT2D eigenvalue weighted by Gasteiger charge is 2.33. The van der Waals surface area contributed by atoms with Crippen molar-refractivity contribution in [3.63, 3.8) is 0 Å². The van der Waals surface area contributed by atoms with Crippen LogP contribution in [-0.4, -0.2) is 48.0 Å². The first-order chi connectivity index (χ1) is 10.3. The van der Waals surface area contributed by atoms with Gasteiger partial charge in [0.1, 0.15) is 5.82 Å². The second kappa shape index (κ2) is 6.43. The number of amides is 1. The fraction of sp³-hybridized carbons (Fsp3) is 0.625. The molecule has 2 N–H and O–H groups in total. The number of hydrogen-bond donors (Lipinski definition) is 1. The standard InChI is InChI=1S/C16H24N4O/c17-14-6-2-1-5-13(14)16(21)20-11-9-19(10-12-20)15-7-3-4-8-18-15/h3-4,7-8,13-14H,1-2,5-6,9-12,17H2. The summed E-state index contributed by atoms with van der Waals surface area (Å²) in [5, 5.41) is 0. The van der Waals surface area contributed by atoms with Gasteiger partial charge in [0, 0.05) is 38.4 Å². The third-order valence-corrected chi connectivity index (χ3v) is 4.70. The topological polar surface area (TPSA) is 62.5 Å². The minimum absolute atomic E-state index is 0.0418. The van der Waals surface area contributed by atoms with Crippen LogP contribution < -0.4 is 10.6 Å². The summed E-state index contributed by atoms with van der Waals surface area (Å²) in [5.41, 5.74) is 6.14. The van der Waals surface area contributed by atoms with Crippen LogP contribution >= 0.6 is 0 Å². The van der Waals surface area contributed by atoms with Crippen LogP contribution in [0.4, 0.5) is 5.82 Å². The van der Waals surface area contributed by atoms with Gasteiger partial charge >= 0.3 is 0 Å². The zero-order valence-electron chi connectivity index (χ0n) is 12.4. The molecule has 2 fully saturated rings. The fourth-order valence-corrected chi connectivity index (χ4v) is 3.40. The first-order valence-electron chi connectivity index (χ1n) is 7.96. The summed E-state index contributed by atoms with van der Waals surface area (Å²) in [6.45, 7) is 3.26. The Kier molecular flexibility index (Phi) is 4.39. The van der Waals surface area contributed by atoms with Crippen molar-refractivity contribution >= 4 is 11.7 Å². The molecule has 0 radical (unpaired) electrons. The minimum atomic E-state index is 0.0418. The molecule has 1 aliphatic carbocycles. The Morgan fingerprint density at radius 3 is 2.57 bits per heavy atom. The Morgan fingerprint density at radius 2 is 1.90 bits per heavy atom. The van der Waals surface area contributed by atoms with Crippen LogP contribution in [-0.2, 0) is 4.79 Å². The molecule has 1 saturated heterocycles. The van der Waals surface area contributed by atoms with Crippen molar-refractivity contribution in [3.8, 4) is 0 Å². The molecule has 114 valence electrons. The summed E-state index contributed by atoms with van der Waals surface area (Å²) in [5.74, 6) is 1.31. The zero-order valence-corrected chi connectivity index (χ0v) is 12.4. The Bertz CT molecular complexity index is 470. The first-order valence-corrected chi connectivity index (χ1v) is 7.96. The summed E-state index contributed by atoms with van der Waals surface area (Å²) < 4.78 is 0. The van der Waals surface area contributed by atoms with Crippen LogP contribution in [0.25, 0.3) is 0 Å². The van der Waals surface area contributed by atoms with Gasteiger partial charge in [0.05, 0.1) is 5.92 Å². The molecule has 5 heteroatoms. The Balaban J connectivity index is 1.57. The molecular formula is C16H24N4O. The highest BCUT2D eigenvalue weighted by molar-refractivity contribution is 5.80. The lowest BCUT2D eigenvalue weighted by Gasteiger charge is -2.38. The van der Waals surface area contributed by atoms with Crippen LogP contribution in [0.1, 0.15) is 25.7 Å². The van der Waals surface area contributed by atoms with E-state index in [4.69, 9.17) is 5.73 Å². The monoisotopic (exact) mass is 288 g/mol. The Hall–Kier alpha value is -1.62. The summed E-state index contributed by atoms with van der Waals surface area (Å²) in [4.78, 5) is 21.2. The number of carbonyl (C=O) groups is 1. The average molecular weight is 288 g/mol. The number of anilines is 1. The lowest BCUT2D eigenvalue weighted by molar-refractivity contribution is -0.137. The van der Waals surface area contributed by atoms with Crippen molar-refractivity contribution in [2.75, 3.05) is 31.1 Å². The average Bonchev–Trinajstić information content (AvgIpc) is 2.56. The second-order valence-corrected chi connectivity index (χ2v) is 6.06. The number of nitrogens with zero attached hydrogens (tertiary/aromatic N) is 3. The molecule has 2 atom stereocenters. The number of aromatic nitrogens is 1. The van der Waals surface area contributed by atoms with Crippen molar-refractivity contribution in [2.24, 2.45) is 11.7 Å². The summed E-state index contributed by atoms with van der Waals surface area (Å²) in [6.07, 6.45) is 6.06. The number of carbonyl (C=O) groups excluding carboxylic acids is 1. The molecule has 5 nitrogen and oxygen atoms in total. The number of pyridine rings is 1. The molecule has 1 saturated carbocycles. The van der Waals surface area contributed by atoms with Gasteiger partial charge in [-0.25, -0.2) is 4.98 Å². The van der Waals surface area contributed by atoms with Gasteiger partial charge in [0.25, 0.3) is 0 Å². The van der Waals surface area contributed by atoms with Crippen LogP contribution in [0.2, 0.25) is 0 Å². The van der Waals surface area contributed by atoms with Crippen molar-refractivity contribution in [2.45, 2.75) is 31.7 Å². The smallest absolute Gasteiger partial charge is 0.227 e. The summed E-state index contributed by atoms with van der Waals surface area (Å²) >= 11 is 0. The maximum atomic E-state index is 12.6. The van der Waals surface area contributed by atoms with Crippen molar-refractivity contribution in [3.05, 3.63) is 24.4 Å². The van der Waals surface area contributed by atoms with E-state index in [1.165, 1.54) is 6.42 Å².